The zero-order valence-electron chi connectivity index (χ0n) is 17.0. The monoisotopic (exact) mass is 463 g/mol. The molecular formula is C21H22ClN3O3S2. The molecule has 3 rings (SSSR count). The molecule has 3 aromatic rings. The first-order valence-electron chi connectivity index (χ1n) is 9.21. The van der Waals surface area contributed by atoms with Crippen LogP contribution in [0.1, 0.15) is 29.2 Å². The number of aromatic nitrogens is 1. The van der Waals surface area contributed by atoms with E-state index in [1.54, 1.807) is 37.3 Å². The van der Waals surface area contributed by atoms with Gasteiger partial charge in [0.2, 0.25) is 10.0 Å². The number of sulfonamides is 1. The molecule has 0 saturated heterocycles. The number of thiazole rings is 1. The molecule has 0 saturated carbocycles. The van der Waals surface area contributed by atoms with Crippen LogP contribution in [-0.4, -0.2) is 36.7 Å². The molecule has 0 spiro atoms. The highest BCUT2D eigenvalue weighted by Gasteiger charge is 2.25. The highest BCUT2D eigenvalue weighted by molar-refractivity contribution is 7.89. The summed E-state index contributed by atoms with van der Waals surface area (Å²) < 4.78 is 26.7. The summed E-state index contributed by atoms with van der Waals surface area (Å²) in [6.07, 6.45) is 0. The fourth-order valence-corrected chi connectivity index (χ4v) is 4.92. The van der Waals surface area contributed by atoms with Gasteiger partial charge < -0.3 is 5.32 Å². The van der Waals surface area contributed by atoms with Crippen molar-refractivity contribution in [1.82, 2.24) is 9.29 Å². The van der Waals surface area contributed by atoms with Crippen LogP contribution in [-0.2, 0) is 10.0 Å². The molecule has 1 aromatic heterocycles. The van der Waals surface area contributed by atoms with Crippen molar-refractivity contribution in [2.24, 2.45) is 0 Å². The highest BCUT2D eigenvalue weighted by Crippen LogP contribution is 2.26. The second-order valence-corrected chi connectivity index (χ2v) is 10.5. The molecule has 0 aliphatic carbocycles. The predicted octanol–water partition coefficient (Wildman–Crippen LogP) is 5.05. The fraction of sp³-hybridized carbons (Fsp3) is 0.238. The third kappa shape index (κ3) is 4.73. The lowest BCUT2D eigenvalue weighted by atomic mass is 10.1. The van der Waals surface area contributed by atoms with Crippen LogP contribution in [0.4, 0.5) is 5.69 Å². The van der Waals surface area contributed by atoms with Gasteiger partial charge in [-0.2, -0.15) is 4.31 Å². The molecule has 0 fully saturated rings. The van der Waals surface area contributed by atoms with Crippen molar-refractivity contribution >= 4 is 44.6 Å². The first-order chi connectivity index (χ1) is 14.1. The van der Waals surface area contributed by atoms with E-state index in [2.05, 4.69) is 10.3 Å². The number of amides is 1. The molecule has 158 valence electrons. The molecule has 2 aromatic carbocycles. The van der Waals surface area contributed by atoms with Gasteiger partial charge in [-0.05, 0) is 51.1 Å². The van der Waals surface area contributed by atoms with Gasteiger partial charge in [0.25, 0.3) is 5.91 Å². The molecule has 0 unspecified atom stereocenters. The summed E-state index contributed by atoms with van der Waals surface area (Å²) in [5.74, 6) is -0.485. The van der Waals surface area contributed by atoms with E-state index in [9.17, 15) is 13.2 Å². The quantitative estimate of drug-likeness (QED) is 0.554. The maximum atomic E-state index is 12.8. The molecule has 0 aliphatic rings. The van der Waals surface area contributed by atoms with Crippen molar-refractivity contribution in [2.75, 3.05) is 12.4 Å². The molecule has 6 nitrogen and oxygen atoms in total. The Bertz CT molecular complexity index is 1170. The number of carbonyl (C=O) groups is 1. The number of carbonyl (C=O) groups excluding carboxylic acids is 1. The normalized spacial score (nSPS) is 11.8. The molecule has 1 N–H and O–H groups in total. The minimum atomic E-state index is -3.73. The van der Waals surface area contributed by atoms with Gasteiger partial charge in [0.05, 0.1) is 26.2 Å². The Hall–Kier alpha value is -2.26. The van der Waals surface area contributed by atoms with Gasteiger partial charge in [0.1, 0.15) is 0 Å². The first kappa shape index (κ1) is 22.4. The van der Waals surface area contributed by atoms with Gasteiger partial charge in [-0.1, -0.05) is 23.7 Å². The molecule has 0 atom stereocenters. The Kier molecular flexibility index (Phi) is 6.62. The number of halogens is 1. The van der Waals surface area contributed by atoms with Crippen molar-refractivity contribution < 1.29 is 13.2 Å². The Labute approximate surface area is 185 Å². The second kappa shape index (κ2) is 8.85. The number of benzene rings is 2. The van der Waals surface area contributed by atoms with Gasteiger partial charge in [-0.3, -0.25) is 4.79 Å². The molecule has 0 radical (unpaired) electrons. The van der Waals surface area contributed by atoms with Crippen molar-refractivity contribution in [3.63, 3.8) is 0 Å². The average molecular weight is 464 g/mol. The van der Waals surface area contributed by atoms with Crippen LogP contribution in [0.15, 0.2) is 52.7 Å². The third-order valence-corrected chi connectivity index (χ3v) is 7.78. The second-order valence-electron chi connectivity index (χ2n) is 7.04. The minimum absolute atomic E-state index is 0.0162. The maximum absolute atomic E-state index is 12.8. The molecule has 0 bridgehead atoms. The zero-order chi connectivity index (χ0) is 22.1. The van der Waals surface area contributed by atoms with Crippen molar-refractivity contribution in [3.05, 3.63) is 63.4 Å². The number of nitrogens with zero attached hydrogens (tertiary/aromatic N) is 2. The van der Waals surface area contributed by atoms with Crippen LogP contribution in [0.25, 0.3) is 11.3 Å². The van der Waals surface area contributed by atoms with E-state index in [1.807, 2.05) is 24.4 Å². The van der Waals surface area contributed by atoms with Crippen LogP contribution in [0.2, 0.25) is 5.02 Å². The SMILES string of the molecule is Cc1nc(-c2ccc(NC(=O)c3cc(S(=O)(=O)N(C)C(C)C)ccc3Cl)cc2)cs1. The average Bonchev–Trinajstić information content (AvgIpc) is 3.14. The molecule has 1 amide bonds. The summed E-state index contributed by atoms with van der Waals surface area (Å²) >= 11 is 7.75. The van der Waals surface area contributed by atoms with E-state index in [1.165, 1.54) is 29.6 Å². The van der Waals surface area contributed by atoms with E-state index in [4.69, 9.17) is 11.6 Å². The standard InChI is InChI=1S/C21H22ClN3O3S2/c1-13(2)25(4)30(27,28)17-9-10-19(22)18(11-17)21(26)24-16-7-5-15(6-8-16)20-12-29-14(3)23-20/h5-13H,1-4H3,(H,24,26). The first-order valence-corrected chi connectivity index (χ1v) is 11.9. The summed E-state index contributed by atoms with van der Waals surface area (Å²) in [5.41, 5.74) is 2.49. The Balaban J connectivity index is 1.83. The summed E-state index contributed by atoms with van der Waals surface area (Å²) in [7, 11) is -2.23. The smallest absolute Gasteiger partial charge is 0.257 e. The minimum Gasteiger partial charge on any atom is -0.322 e. The van der Waals surface area contributed by atoms with E-state index in [0.717, 1.165) is 16.3 Å². The van der Waals surface area contributed by atoms with Crippen LogP contribution < -0.4 is 5.32 Å². The Morgan fingerprint density at radius 1 is 1.17 bits per heavy atom. The molecular weight excluding hydrogens is 442 g/mol. The number of aryl methyl sites for hydroxylation is 1. The summed E-state index contributed by atoms with van der Waals surface area (Å²) in [6.45, 7) is 5.50. The molecule has 9 heteroatoms. The van der Waals surface area contributed by atoms with Gasteiger partial charge in [-0.25, -0.2) is 13.4 Å². The predicted molar refractivity (Wildman–Crippen MR) is 122 cm³/mol. The molecule has 0 aliphatic heterocycles. The Morgan fingerprint density at radius 2 is 1.83 bits per heavy atom. The number of rotatable bonds is 6. The van der Waals surface area contributed by atoms with Crippen LogP contribution in [0, 0.1) is 6.92 Å². The molecule has 1 heterocycles. The lowest BCUT2D eigenvalue weighted by Crippen LogP contribution is -2.33. The third-order valence-electron chi connectivity index (χ3n) is 4.64. The van der Waals surface area contributed by atoms with E-state index < -0.39 is 15.9 Å². The van der Waals surface area contributed by atoms with Crippen LogP contribution in [0.3, 0.4) is 0 Å². The topological polar surface area (TPSA) is 79.4 Å². The summed E-state index contributed by atoms with van der Waals surface area (Å²) in [5, 5.41) is 5.89. The van der Waals surface area contributed by atoms with Crippen LogP contribution in [0.5, 0.6) is 0 Å². The van der Waals surface area contributed by atoms with Crippen molar-refractivity contribution in [3.8, 4) is 11.3 Å². The van der Waals surface area contributed by atoms with Crippen molar-refractivity contribution in [1.29, 1.82) is 0 Å². The summed E-state index contributed by atoms with van der Waals surface area (Å²) in [4.78, 5) is 17.2. The maximum Gasteiger partial charge on any atom is 0.257 e. The van der Waals surface area contributed by atoms with E-state index in [0.29, 0.717) is 5.69 Å². The van der Waals surface area contributed by atoms with Crippen LogP contribution >= 0.6 is 22.9 Å². The van der Waals surface area contributed by atoms with Gasteiger partial charge >= 0.3 is 0 Å². The number of anilines is 1. The Morgan fingerprint density at radius 3 is 2.40 bits per heavy atom. The van der Waals surface area contributed by atoms with Gasteiger partial charge in [-0.15, -0.1) is 11.3 Å². The zero-order valence-corrected chi connectivity index (χ0v) is 19.4. The highest BCUT2D eigenvalue weighted by atomic mass is 35.5. The number of hydrogen-bond acceptors (Lipinski definition) is 5. The largest absolute Gasteiger partial charge is 0.322 e. The fourth-order valence-electron chi connectivity index (χ4n) is 2.70. The molecule has 30 heavy (non-hydrogen) atoms. The number of hydrogen-bond donors (Lipinski definition) is 1. The van der Waals surface area contributed by atoms with Crippen molar-refractivity contribution in [2.45, 2.75) is 31.7 Å². The lowest BCUT2D eigenvalue weighted by molar-refractivity contribution is 0.102. The number of nitrogens with one attached hydrogen (secondary N) is 1. The van der Waals surface area contributed by atoms with Gasteiger partial charge in [0.15, 0.2) is 0 Å². The van der Waals surface area contributed by atoms with E-state index >= 15 is 0 Å². The summed E-state index contributed by atoms with van der Waals surface area (Å²) in [6, 6.07) is 11.2. The van der Waals surface area contributed by atoms with E-state index in [-0.39, 0.29) is 21.5 Å². The van der Waals surface area contributed by atoms with Gasteiger partial charge in [0, 0.05) is 29.7 Å². The lowest BCUT2D eigenvalue weighted by Gasteiger charge is -2.21.